The van der Waals surface area contributed by atoms with Gasteiger partial charge in [0.1, 0.15) is 11.3 Å². The van der Waals surface area contributed by atoms with Crippen LogP contribution in [0.5, 0.6) is 5.75 Å². The second-order valence-electron chi connectivity index (χ2n) is 8.51. The summed E-state index contributed by atoms with van der Waals surface area (Å²) < 4.78 is 7.71. The number of nitrogens with one attached hydrogen (secondary N) is 1. The summed E-state index contributed by atoms with van der Waals surface area (Å²) in [7, 11) is 0. The summed E-state index contributed by atoms with van der Waals surface area (Å²) in [4.78, 5) is 28.0. The predicted molar refractivity (Wildman–Crippen MR) is 150 cm³/mol. The number of carbonyl (C=O) groups excluding carboxylic acids is 2. The molecule has 0 spiro atoms. The molecule has 1 fully saturated rings. The average molecular weight is 508 g/mol. The zero-order valence-corrected chi connectivity index (χ0v) is 21.3. The van der Waals surface area contributed by atoms with Gasteiger partial charge in [0.25, 0.3) is 11.8 Å². The van der Waals surface area contributed by atoms with Crippen LogP contribution in [0.25, 0.3) is 23.0 Å². The second-order valence-corrected chi connectivity index (χ2v) is 8.90. The van der Waals surface area contributed by atoms with Crippen molar-refractivity contribution in [3.63, 3.8) is 0 Å². The van der Waals surface area contributed by atoms with Crippen molar-refractivity contribution < 1.29 is 14.3 Å². The standard InChI is InChI=1S/C30H25N3O3S/c1-3-36-25-16-10-15-24(19-25)33-29(35)26(28(34)31-30(33)37)18-22-17-20(2)32(23-13-8-5-9-14-23)27(22)21-11-6-4-7-12-21/h4-19H,3H2,1-2H3,(H,31,34,37)/b26-18+. The number of benzene rings is 3. The molecule has 184 valence electrons. The number of para-hydroxylation sites is 1. The second kappa shape index (κ2) is 10.2. The van der Waals surface area contributed by atoms with Crippen LogP contribution in [-0.2, 0) is 9.59 Å². The number of nitrogens with zero attached hydrogens (tertiary/aromatic N) is 2. The Morgan fingerprint density at radius 3 is 2.27 bits per heavy atom. The molecule has 0 bridgehead atoms. The lowest BCUT2D eigenvalue weighted by atomic mass is 10.0. The molecule has 1 saturated heterocycles. The molecule has 7 heteroatoms. The van der Waals surface area contributed by atoms with Gasteiger partial charge in [-0.2, -0.15) is 0 Å². The van der Waals surface area contributed by atoms with Crippen molar-refractivity contribution in [3.05, 3.63) is 108 Å². The highest BCUT2D eigenvalue weighted by Crippen LogP contribution is 2.33. The van der Waals surface area contributed by atoms with Crippen LogP contribution in [-0.4, -0.2) is 28.1 Å². The Labute approximate surface area is 220 Å². The minimum atomic E-state index is -0.531. The highest BCUT2D eigenvalue weighted by molar-refractivity contribution is 7.80. The lowest BCUT2D eigenvalue weighted by molar-refractivity contribution is -0.122. The van der Waals surface area contributed by atoms with Gasteiger partial charge in [0.05, 0.1) is 18.0 Å². The van der Waals surface area contributed by atoms with E-state index in [1.54, 1.807) is 30.3 Å². The maximum absolute atomic E-state index is 13.7. The first-order chi connectivity index (χ1) is 18.0. The van der Waals surface area contributed by atoms with E-state index < -0.39 is 11.8 Å². The minimum absolute atomic E-state index is 0.00203. The van der Waals surface area contributed by atoms with Gasteiger partial charge in [-0.05, 0) is 68.0 Å². The first-order valence-electron chi connectivity index (χ1n) is 12.0. The Bertz CT molecular complexity index is 1520. The third kappa shape index (κ3) is 4.69. The van der Waals surface area contributed by atoms with Gasteiger partial charge in [0, 0.05) is 23.0 Å². The van der Waals surface area contributed by atoms with Crippen LogP contribution in [0.3, 0.4) is 0 Å². The van der Waals surface area contributed by atoms with Crippen molar-refractivity contribution in [1.82, 2.24) is 9.88 Å². The van der Waals surface area contributed by atoms with E-state index in [-0.39, 0.29) is 10.7 Å². The molecule has 0 radical (unpaired) electrons. The maximum Gasteiger partial charge on any atom is 0.270 e. The normalized spacial score (nSPS) is 14.7. The van der Waals surface area contributed by atoms with E-state index in [1.165, 1.54) is 4.90 Å². The fraction of sp³-hybridized carbons (Fsp3) is 0.100. The molecule has 0 aliphatic carbocycles. The van der Waals surface area contributed by atoms with Gasteiger partial charge in [-0.1, -0.05) is 54.6 Å². The molecular weight excluding hydrogens is 482 g/mol. The Morgan fingerprint density at radius 2 is 1.57 bits per heavy atom. The third-order valence-electron chi connectivity index (χ3n) is 6.06. The first kappa shape index (κ1) is 24.2. The topological polar surface area (TPSA) is 63.6 Å². The summed E-state index contributed by atoms with van der Waals surface area (Å²) in [5.41, 5.74) is 5.07. The Balaban J connectivity index is 1.64. The zero-order chi connectivity index (χ0) is 25.9. The molecule has 1 aromatic heterocycles. The van der Waals surface area contributed by atoms with E-state index in [4.69, 9.17) is 17.0 Å². The molecule has 3 aromatic carbocycles. The molecule has 0 saturated carbocycles. The summed E-state index contributed by atoms with van der Waals surface area (Å²) >= 11 is 5.38. The van der Waals surface area contributed by atoms with E-state index in [0.29, 0.717) is 18.0 Å². The number of ether oxygens (including phenoxy) is 1. The van der Waals surface area contributed by atoms with Gasteiger partial charge in [-0.25, -0.2) is 0 Å². The largest absolute Gasteiger partial charge is 0.494 e. The van der Waals surface area contributed by atoms with Gasteiger partial charge in [-0.15, -0.1) is 0 Å². The smallest absolute Gasteiger partial charge is 0.270 e. The van der Waals surface area contributed by atoms with Gasteiger partial charge in [0.15, 0.2) is 5.11 Å². The van der Waals surface area contributed by atoms with Crippen LogP contribution in [0.1, 0.15) is 18.2 Å². The molecule has 4 aromatic rings. The van der Waals surface area contributed by atoms with Crippen molar-refractivity contribution in [2.45, 2.75) is 13.8 Å². The van der Waals surface area contributed by atoms with E-state index in [2.05, 4.69) is 9.88 Å². The molecule has 5 rings (SSSR count). The van der Waals surface area contributed by atoms with Crippen molar-refractivity contribution in [1.29, 1.82) is 0 Å². The quantitative estimate of drug-likeness (QED) is 0.207. The Morgan fingerprint density at radius 1 is 0.892 bits per heavy atom. The first-order valence-corrected chi connectivity index (χ1v) is 12.4. The summed E-state index contributed by atoms with van der Waals surface area (Å²) in [5, 5.41) is 2.70. The highest BCUT2D eigenvalue weighted by atomic mass is 32.1. The van der Waals surface area contributed by atoms with E-state index >= 15 is 0 Å². The van der Waals surface area contributed by atoms with Crippen LogP contribution in [0, 0.1) is 6.92 Å². The maximum atomic E-state index is 13.7. The van der Waals surface area contributed by atoms with Crippen molar-refractivity contribution in [2.75, 3.05) is 11.5 Å². The molecule has 6 nitrogen and oxygen atoms in total. The molecule has 2 heterocycles. The molecule has 1 aliphatic heterocycles. The van der Waals surface area contributed by atoms with E-state index in [1.807, 2.05) is 80.6 Å². The van der Waals surface area contributed by atoms with Crippen LogP contribution in [0.4, 0.5) is 5.69 Å². The zero-order valence-electron chi connectivity index (χ0n) is 20.5. The number of hydrogen-bond acceptors (Lipinski definition) is 4. The van der Waals surface area contributed by atoms with Crippen molar-refractivity contribution in [3.8, 4) is 22.7 Å². The van der Waals surface area contributed by atoms with E-state index in [9.17, 15) is 9.59 Å². The number of rotatable bonds is 6. The SMILES string of the molecule is CCOc1cccc(N2C(=O)/C(=C/c3cc(C)n(-c4ccccc4)c3-c3ccccc3)C(=O)NC2=S)c1. The minimum Gasteiger partial charge on any atom is -0.494 e. The Kier molecular flexibility index (Phi) is 6.70. The Hall–Kier alpha value is -4.49. The number of aryl methyl sites for hydroxylation is 1. The molecule has 2 amide bonds. The lowest BCUT2D eigenvalue weighted by Gasteiger charge is -2.29. The lowest BCUT2D eigenvalue weighted by Crippen LogP contribution is -2.54. The number of amides is 2. The number of anilines is 1. The van der Waals surface area contributed by atoms with Crippen LogP contribution < -0.4 is 15.0 Å². The molecule has 0 unspecified atom stereocenters. The summed E-state index contributed by atoms with van der Waals surface area (Å²) in [5.74, 6) is -0.414. The van der Waals surface area contributed by atoms with Crippen LogP contribution in [0.2, 0.25) is 0 Å². The monoisotopic (exact) mass is 507 g/mol. The van der Waals surface area contributed by atoms with Crippen molar-refractivity contribution in [2.24, 2.45) is 0 Å². The van der Waals surface area contributed by atoms with Gasteiger partial charge in [-0.3, -0.25) is 19.8 Å². The predicted octanol–water partition coefficient (Wildman–Crippen LogP) is 5.68. The van der Waals surface area contributed by atoms with Gasteiger partial charge < -0.3 is 9.30 Å². The summed E-state index contributed by atoms with van der Waals surface area (Å²) in [6, 6.07) is 29.0. The molecular formula is C30H25N3O3S. The number of thiocarbonyl (C=S) groups is 1. The van der Waals surface area contributed by atoms with E-state index in [0.717, 1.165) is 28.2 Å². The fourth-order valence-electron chi connectivity index (χ4n) is 4.50. The van der Waals surface area contributed by atoms with Gasteiger partial charge >= 0.3 is 0 Å². The summed E-state index contributed by atoms with van der Waals surface area (Å²) in [6.45, 7) is 4.38. The highest BCUT2D eigenvalue weighted by Gasteiger charge is 2.35. The van der Waals surface area contributed by atoms with Crippen LogP contribution in [0.15, 0.2) is 96.6 Å². The third-order valence-corrected chi connectivity index (χ3v) is 6.35. The molecule has 37 heavy (non-hydrogen) atoms. The summed E-state index contributed by atoms with van der Waals surface area (Å²) in [6.07, 6.45) is 1.65. The number of carbonyl (C=O) groups is 2. The van der Waals surface area contributed by atoms with Gasteiger partial charge in [0.2, 0.25) is 0 Å². The van der Waals surface area contributed by atoms with Crippen LogP contribution >= 0.6 is 12.2 Å². The molecule has 1 N–H and O–H groups in total. The average Bonchev–Trinajstić information content (AvgIpc) is 3.23. The molecule has 0 atom stereocenters. The van der Waals surface area contributed by atoms with Crippen molar-refractivity contribution >= 4 is 40.9 Å². The number of hydrogen-bond donors (Lipinski definition) is 1. The molecule has 1 aliphatic rings. The number of aromatic nitrogens is 1. The fourth-order valence-corrected chi connectivity index (χ4v) is 4.78.